The Kier molecular flexibility index (Phi) is 5.89. The van der Waals surface area contributed by atoms with Gasteiger partial charge in [0, 0.05) is 16.2 Å². The van der Waals surface area contributed by atoms with Crippen LogP contribution in [0.2, 0.25) is 0 Å². The molecule has 1 aromatic heterocycles. The van der Waals surface area contributed by atoms with Gasteiger partial charge in [0.15, 0.2) is 0 Å². The van der Waals surface area contributed by atoms with Crippen LogP contribution in [0.5, 0.6) is 0 Å². The molecule has 4 heteroatoms. The van der Waals surface area contributed by atoms with Crippen molar-refractivity contribution in [3.8, 4) is 0 Å². The smallest absolute Gasteiger partial charge is 0.261 e. The molecule has 1 heterocycles. The number of alkyl halides is 1. The van der Waals surface area contributed by atoms with Crippen LogP contribution in [0.1, 0.15) is 59.1 Å². The molecule has 1 N–H and O–H groups in total. The molecule has 0 fully saturated rings. The molecule has 0 aliphatic heterocycles. The Hall–Kier alpha value is -0.350. The molecule has 1 amide bonds. The second-order valence-electron chi connectivity index (χ2n) is 5.17. The maximum atomic E-state index is 12.1. The van der Waals surface area contributed by atoms with E-state index in [-0.39, 0.29) is 5.91 Å². The van der Waals surface area contributed by atoms with Gasteiger partial charge in [-0.2, -0.15) is 0 Å². The zero-order valence-corrected chi connectivity index (χ0v) is 13.9. The van der Waals surface area contributed by atoms with E-state index < -0.39 is 0 Å². The lowest BCUT2D eigenvalue weighted by atomic mass is 10.1. The van der Waals surface area contributed by atoms with Gasteiger partial charge in [0.2, 0.25) is 0 Å². The predicted octanol–water partition coefficient (Wildman–Crippen LogP) is 4.31. The Morgan fingerprint density at radius 2 is 2.21 bits per heavy atom. The fourth-order valence-corrected chi connectivity index (χ4v) is 3.81. The summed E-state index contributed by atoms with van der Waals surface area (Å²) in [5.74, 6) is 0.105. The third-order valence-corrected chi connectivity index (χ3v) is 6.00. The molecule has 106 valence electrons. The third-order valence-electron chi connectivity index (χ3n) is 3.66. The van der Waals surface area contributed by atoms with E-state index in [1.807, 2.05) is 0 Å². The Morgan fingerprint density at radius 3 is 3.00 bits per heavy atom. The van der Waals surface area contributed by atoms with Crippen LogP contribution >= 0.6 is 27.3 Å². The summed E-state index contributed by atoms with van der Waals surface area (Å²) < 4.78 is 0. The summed E-state index contributed by atoms with van der Waals surface area (Å²) in [6.07, 6.45) is 8.27. The quantitative estimate of drug-likeness (QED) is 0.626. The van der Waals surface area contributed by atoms with E-state index in [9.17, 15) is 4.79 Å². The highest BCUT2D eigenvalue weighted by atomic mass is 79.9. The minimum atomic E-state index is 0.105. The summed E-state index contributed by atoms with van der Waals surface area (Å²) in [4.78, 5) is 14.9. The van der Waals surface area contributed by atoms with Crippen LogP contribution in [-0.2, 0) is 12.8 Å². The molecule has 1 aliphatic rings. The SMILES string of the molecule is CCC(Br)CCNC(=O)c1cc2c(s1)CCCCC2. The largest absolute Gasteiger partial charge is 0.351 e. The standard InChI is InChI=1S/C15H22BrNOS/c1-2-12(16)8-9-17-15(18)14-10-11-6-4-3-5-7-13(11)19-14/h10,12H,2-9H2,1H3,(H,17,18). The van der Waals surface area contributed by atoms with E-state index in [4.69, 9.17) is 0 Å². The predicted molar refractivity (Wildman–Crippen MR) is 85.5 cm³/mol. The Labute approximate surface area is 128 Å². The van der Waals surface area contributed by atoms with Crippen LogP contribution in [0, 0.1) is 0 Å². The lowest BCUT2D eigenvalue weighted by molar-refractivity contribution is 0.0957. The molecule has 0 saturated heterocycles. The van der Waals surface area contributed by atoms with Crippen LogP contribution in [0.25, 0.3) is 0 Å². The van der Waals surface area contributed by atoms with Crippen LogP contribution in [0.4, 0.5) is 0 Å². The highest BCUT2D eigenvalue weighted by molar-refractivity contribution is 9.09. The van der Waals surface area contributed by atoms with Gasteiger partial charge in [0.05, 0.1) is 4.88 Å². The van der Waals surface area contributed by atoms with Gasteiger partial charge in [-0.1, -0.05) is 29.3 Å². The molecule has 0 saturated carbocycles. The fraction of sp³-hybridized carbons (Fsp3) is 0.667. The molecule has 19 heavy (non-hydrogen) atoms. The minimum Gasteiger partial charge on any atom is -0.351 e. The highest BCUT2D eigenvalue weighted by Gasteiger charge is 2.16. The van der Waals surface area contributed by atoms with Crippen molar-refractivity contribution in [1.82, 2.24) is 5.32 Å². The van der Waals surface area contributed by atoms with E-state index in [0.29, 0.717) is 4.83 Å². The molecule has 0 bridgehead atoms. The third kappa shape index (κ3) is 4.32. The van der Waals surface area contributed by atoms with Crippen LogP contribution in [-0.4, -0.2) is 17.3 Å². The molecule has 1 aliphatic carbocycles. The Balaban J connectivity index is 1.89. The molecule has 1 atom stereocenters. The number of amides is 1. The van der Waals surface area contributed by atoms with Crippen molar-refractivity contribution in [3.05, 3.63) is 21.4 Å². The van der Waals surface area contributed by atoms with E-state index >= 15 is 0 Å². The Morgan fingerprint density at radius 1 is 1.42 bits per heavy atom. The van der Waals surface area contributed by atoms with Crippen molar-refractivity contribution in [2.24, 2.45) is 0 Å². The van der Waals surface area contributed by atoms with Crippen LogP contribution < -0.4 is 5.32 Å². The van der Waals surface area contributed by atoms with Gasteiger partial charge in [-0.25, -0.2) is 0 Å². The number of rotatable bonds is 5. The van der Waals surface area contributed by atoms with E-state index in [1.165, 1.54) is 29.7 Å². The second-order valence-corrected chi connectivity index (χ2v) is 7.60. The summed E-state index contributed by atoms with van der Waals surface area (Å²) in [6.45, 7) is 2.91. The van der Waals surface area contributed by atoms with E-state index in [0.717, 1.165) is 37.1 Å². The molecular weight excluding hydrogens is 322 g/mol. The normalized spacial score (nSPS) is 16.5. The van der Waals surface area contributed by atoms with Crippen molar-refractivity contribution in [3.63, 3.8) is 0 Å². The average molecular weight is 344 g/mol. The zero-order chi connectivity index (χ0) is 13.7. The van der Waals surface area contributed by atoms with E-state index in [1.54, 1.807) is 11.3 Å². The van der Waals surface area contributed by atoms with E-state index in [2.05, 4.69) is 34.2 Å². The topological polar surface area (TPSA) is 29.1 Å². The number of carbonyl (C=O) groups is 1. The molecule has 1 unspecified atom stereocenters. The number of fused-ring (bicyclic) bond motifs is 1. The van der Waals surface area contributed by atoms with Gasteiger partial charge in [-0.05, 0) is 50.2 Å². The number of carbonyl (C=O) groups excluding carboxylic acids is 1. The van der Waals surface area contributed by atoms with Crippen molar-refractivity contribution in [1.29, 1.82) is 0 Å². The second kappa shape index (κ2) is 7.44. The number of thiophene rings is 1. The van der Waals surface area contributed by atoms with Gasteiger partial charge in [-0.3, -0.25) is 4.79 Å². The summed E-state index contributed by atoms with van der Waals surface area (Å²) >= 11 is 5.29. The number of halogens is 1. The zero-order valence-electron chi connectivity index (χ0n) is 11.5. The average Bonchev–Trinajstić information content (AvgIpc) is 2.70. The van der Waals surface area contributed by atoms with Gasteiger partial charge < -0.3 is 5.32 Å². The number of aryl methyl sites for hydroxylation is 2. The molecule has 2 nitrogen and oxygen atoms in total. The summed E-state index contributed by atoms with van der Waals surface area (Å²) in [5, 5.41) is 3.03. The minimum absolute atomic E-state index is 0.105. The van der Waals surface area contributed by atoms with Crippen LogP contribution in [0.3, 0.4) is 0 Å². The molecule has 0 spiro atoms. The molecule has 0 radical (unpaired) electrons. The first-order valence-electron chi connectivity index (χ1n) is 7.24. The lowest BCUT2D eigenvalue weighted by Crippen LogP contribution is -2.25. The van der Waals surface area contributed by atoms with Crippen molar-refractivity contribution in [2.45, 2.75) is 56.7 Å². The first-order chi connectivity index (χ1) is 9.20. The summed E-state index contributed by atoms with van der Waals surface area (Å²) in [7, 11) is 0. The van der Waals surface area contributed by atoms with Gasteiger partial charge >= 0.3 is 0 Å². The number of hydrogen-bond donors (Lipinski definition) is 1. The molecular formula is C15H22BrNOS. The van der Waals surface area contributed by atoms with Crippen LogP contribution in [0.15, 0.2) is 6.07 Å². The maximum Gasteiger partial charge on any atom is 0.261 e. The maximum absolute atomic E-state index is 12.1. The first kappa shape index (κ1) is 15.0. The first-order valence-corrected chi connectivity index (χ1v) is 8.97. The fourth-order valence-electron chi connectivity index (χ4n) is 2.41. The van der Waals surface area contributed by atoms with Gasteiger partial charge in [-0.15, -0.1) is 11.3 Å². The lowest BCUT2D eigenvalue weighted by Gasteiger charge is -2.07. The summed E-state index contributed by atoms with van der Waals surface area (Å²) in [6, 6.07) is 2.12. The van der Waals surface area contributed by atoms with Gasteiger partial charge in [0.1, 0.15) is 0 Å². The van der Waals surface area contributed by atoms with Crippen molar-refractivity contribution < 1.29 is 4.79 Å². The monoisotopic (exact) mass is 343 g/mol. The number of hydrogen-bond acceptors (Lipinski definition) is 2. The number of nitrogens with one attached hydrogen (secondary N) is 1. The highest BCUT2D eigenvalue weighted by Crippen LogP contribution is 2.28. The molecule has 2 rings (SSSR count). The van der Waals surface area contributed by atoms with Gasteiger partial charge in [0.25, 0.3) is 5.91 Å². The van der Waals surface area contributed by atoms with Crippen molar-refractivity contribution in [2.75, 3.05) is 6.54 Å². The molecule has 1 aromatic rings. The Bertz CT molecular complexity index is 406. The molecule has 0 aromatic carbocycles. The van der Waals surface area contributed by atoms with Crippen molar-refractivity contribution >= 4 is 33.2 Å². The summed E-state index contributed by atoms with van der Waals surface area (Å²) in [5.41, 5.74) is 1.42.